The van der Waals surface area contributed by atoms with E-state index in [0.717, 1.165) is 173 Å². The topological polar surface area (TPSA) is 231 Å². The van der Waals surface area contributed by atoms with Crippen molar-refractivity contribution in [1.29, 1.82) is 0 Å². The average Bonchev–Trinajstić information content (AvgIpc) is 0.915. The highest BCUT2D eigenvalue weighted by molar-refractivity contribution is 7.47. The number of carbonyl (C=O) groups is 3. The standard InChI is InChI=1S/C85H142O16P2/c1-4-7-10-13-16-19-22-25-28-30-32-34-36-37-38-39-40-41-43-45-46-48-51-53-56-59-62-65-68-71-83(88)95-74-80(86)75-97-102(91,92)98-76-81(87)77-99-103(93,94)100-79-82(101-85(90)73-70-67-64-61-58-55-50-27-24-21-18-15-12-9-6-3)78-96-84(89)72-69-66-63-60-57-54-52-49-47-44-42-35-33-31-29-26-23-20-17-14-11-8-5-2/h7-8,10-11,16-17,19-20,25-29,32-35,37-38,40-41,44,47,50,52,54,80-82,86-87H,4-6,9,12-15,18,21-24,30-31,36,39,42-43,45-46,48-49,51,53,55-79H2,1-3H3,(H,91,92)(H,93,94)/b10-7-,11-8-,19-16-,20-17-,28-25-,29-26-,34-32-,35-33-,38-37-,41-40-,47-44-,50-27-,54-52-. The van der Waals surface area contributed by atoms with Gasteiger partial charge in [0.25, 0.3) is 0 Å². The molecule has 588 valence electrons. The molecule has 0 heterocycles. The normalized spacial score (nSPS) is 14.8. The molecule has 0 aliphatic rings. The number of allylic oxidation sites excluding steroid dienone is 26. The molecule has 0 aromatic rings. The molecule has 0 radical (unpaired) electrons. The Morgan fingerprint density at radius 2 is 0.515 bits per heavy atom. The maximum atomic E-state index is 13.0. The third-order valence-corrected chi connectivity index (χ3v) is 18.1. The number of hydrogen-bond donors (Lipinski definition) is 4. The third kappa shape index (κ3) is 78.1. The Morgan fingerprint density at radius 3 is 0.825 bits per heavy atom. The van der Waals surface area contributed by atoms with Crippen molar-refractivity contribution in [2.45, 2.75) is 322 Å². The van der Waals surface area contributed by atoms with Crippen LogP contribution >= 0.6 is 15.6 Å². The second-order valence-electron chi connectivity index (χ2n) is 26.1. The lowest BCUT2D eigenvalue weighted by Crippen LogP contribution is -2.30. The summed E-state index contributed by atoms with van der Waals surface area (Å²) in [5.74, 6) is -1.62. The summed E-state index contributed by atoms with van der Waals surface area (Å²) in [4.78, 5) is 58.7. The molecule has 0 amide bonds. The molecule has 0 aromatic heterocycles. The SMILES string of the molecule is CC/C=C\C/C=C\C/C=C\C/C=C\C/C=C\C/C=C\CCCCCCCCCCCCC(=O)OCC(O)COP(=O)(O)OCC(O)COP(=O)(O)OCC(COC(=O)CCCCCC/C=C\C/C=C\C/C=C\C/C=C\C/C=C\C/C=C\CC)OC(=O)CCCCCCC/C=C\CCCCCCCC. The zero-order valence-corrected chi connectivity index (χ0v) is 66.0. The highest BCUT2D eigenvalue weighted by Gasteiger charge is 2.29. The van der Waals surface area contributed by atoms with Crippen LogP contribution in [0.4, 0.5) is 0 Å². The van der Waals surface area contributed by atoms with Crippen molar-refractivity contribution < 1.29 is 75.8 Å². The molecule has 0 rings (SSSR count). The Bertz CT molecular complexity index is 2500. The number of phosphoric acid groups is 2. The summed E-state index contributed by atoms with van der Waals surface area (Å²) >= 11 is 0. The maximum absolute atomic E-state index is 13.0. The molecule has 0 aliphatic carbocycles. The van der Waals surface area contributed by atoms with Gasteiger partial charge in [0.1, 0.15) is 25.4 Å². The molecule has 103 heavy (non-hydrogen) atoms. The molecule has 0 bridgehead atoms. The van der Waals surface area contributed by atoms with E-state index in [1.807, 2.05) is 0 Å². The van der Waals surface area contributed by atoms with Crippen molar-refractivity contribution in [3.8, 4) is 0 Å². The number of hydrogen-bond acceptors (Lipinski definition) is 14. The number of aliphatic hydroxyl groups is 2. The van der Waals surface area contributed by atoms with E-state index in [-0.39, 0.29) is 19.3 Å². The highest BCUT2D eigenvalue weighted by Crippen LogP contribution is 2.45. The molecular weight excluding hydrogens is 1340 g/mol. The van der Waals surface area contributed by atoms with Crippen LogP contribution in [0, 0.1) is 0 Å². The number of unbranched alkanes of at least 4 members (excludes halogenated alkanes) is 25. The van der Waals surface area contributed by atoms with Crippen molar-refractivity contribution in [1.82, 2.24) is 0 Å². The number of carbonyl (C=O) groups excluding carboxylic acids is 3. The summed E-state index contributed by atoms with van der Waals surface area (Å²) in [5.41, 5.74) is 0. The molecule has 0 aromatic carbocycles. The fraction of sp³-hybridized carbons (Fsp3) is 0.659. The zero-order chi connectivity index (χ0) is 75.2. The Balaban J connectivity index is 4.59. The number of esters is 3. The van der Waals surface area contributed by atoms with Crippen molar-refractivity contribution in [3.05, 3.63) is 158 Å². The van der Waals surface area contributed by atoms with Gasteiger partial charge in [-0.15, -0.1) is 0 Å². The highest BCUT2D eigenvalue weighted by atomic mass is 31.2. The molecule has 0 spiro atoms. The summed E-state index contributed by atoms with van der Waals surface area (Å²) in [6.45, 7) is 2.40. The molecule has 4 N–H and O–H groups in total. The van der Waals surface area contributed by atoms with Crippen molar-refractivity contribution in [3.63, 3.8) is 0 Å². The van der Waals surface area contributed by atoms with Crippen LogP contribution in [0.25, 0.3) is 0 Å². The van der Waals surface area contributed by atoms with E-state index in [1.54, 1.807) is 0 Å². The first-order chi connectivity index (χ1) is 50.2. The van der Waals surface area contributed by atoms with Gasteiger partial charge in [-0.1, -0.05) is 294 Å². The summed E-state index contributed by atoms with van der Waals surface area (Å²) < 4.78 is 61.1. The first-order valence-corrected chi connectivity index (χ1v) is 42.8. The van der Waals surface area contributed by atoms with E-state index >= 15 is 0 Å². The lowest BCUT2D eigenvalue weighted by atomic mass is 10.1. The van der Waals surface area contributed by atoms with E-state index in [2.05, 4.69) is 179 Å². The monoisotopic (exact) mass is 1480 g/mol. The van der Waals surface area contributed by atoms with E-state index in [9.17, 15) is 43.5 Å². The Hall–Kier alpha value is -4.83. The lowest BCUT2D eigenvalue weighted by molar-refractivity contribution is -0.161. The van der Waals surface area contributed by atoms with Gasteiger partial charge in [-0.05, 0) is 148 Å². The molecule has 16 nitrogen and oxygen atoms in total. The number of ether oxygens (including phenoxy) is 3. The average molecular weight is 1480 g/mol. The van der Waals surface area contributed by atoms with E-state index in [0.29, 0.717) is 19.3 Å². The number of phosphoric ester groups is 2. The Labute approximate surface area is 625 Å². The van der Waals surface area contributed by atoms with Crippen LogP contribution in [0.2, 0.25) is 0 Å². The van der Waals surface area contributed by atoms with Crippen LogP contribution in [0.15, 0.2) is 158 Å². The predicted molar refractivity (Wildman–Crippen MR) is 426 cm³/mol. The number of rotatable bonds is 74. The molecule has 18 heteroatoms. The zero-order valence-electron chi connectivity index (χ0n) is 64.2. The van der Waals surface area contributed by atoms with Crippen LogP contribution in [0.5, 0.6) is 0 Å². The second kappa shape index (κ2) is 76.8. The van der Waals surface area contributed by atoms with Gasteiger partial charge >= 0.3 is 33.6 Å². The number of aliphatic hydroxyl groups excluding tert-OH is 2. The summed E-state index contributed by atoms with van der Waals surface area (Å²) in [6, 6.07) is 0. The molecule has 5 atom stereocenters. The van der Waals surface area contributed by atoms with Gasteiger partial charge in [0.2, 0.25) is 0 Å². The minimum atomic E-state index is -4.94. The van der Waals surface area contributed by atoms with Crippen LogP contribution in [-0.4, -0.2) is 95.9 Å². The summed E-state index contributed by atoms with van der Waals surface area (Å²) in [6.07, 6.45) is 95.7. The van der Waals surface area contributed by atoms with Crippen molar-refractivity contribution in [2.24, 2.45) is 0 Å². The van der Waals surface area contributed by atoms with Crippen LogP contribution in [-0.2, 0) is 55.8 Å². The molecular formula is C85H142O16P2. The van der Waals surface area contributed by atoms with E-state index in [1.165, 1.54) is 70.6 Å². The second-order valence-corrected chi connectivity index (χ2v) is 29.0. The van der Waals surface area contributed by atoms with Gasteiger partial charge in [0.15, 0.2) is 6.10 Å². The van der Waals surface area contributed by atoms with Gasteiger partial charge in [0.05, 0.1) is 26.4 Å². The first-order valence-electron chi connectivity index (χ1n) is 39.8. The predicted octanol–water partition coefficient (Wildman–Crippen LogP) is 23.4. The fourth-order valence-corrected chi connectivity index (χ4v) is 11.8. The summed E-state index contributed by atoms with van der Waals surface area (Å²) in [5, 5.41) is 20.6. The smallest absolute Gasteiger partial charge is 0.463 e. The minimum absolute atomic E-state index is 0.0846. The van der Waals surface area contributed by atoms with Gasteiger partial charge in [-0.3, -0.25) is 32.5 Å². The molecule has 0 saturated carbocycles. The largest absolute Gasteiger partial charge is 0.472 e. The Kier molecular flexibility index (Phi) is 73.2. The van der Waals surface area contributed by atoms with E-state index < -0.39 is 91.5 Å². The first kappa shape index (κ1) is 98.2. The fourth-order valence-electron chi connectivity index (χ4n) is 10.2. The lowest BCUT2D eigenvalue weighted by Gasteiger charge is -2.21. The minimum Gasteiger partial charge on any atom is -0.463 e. The van der Waals surface area contributed by atoms with Crippen molar-refractivity contribution >= 4 is 33.6 Å². The molecule has 0 aliphatic heterocycles. The van der Waals surface area contributed by atoms with Crippen LogP contribution in [0.3, 0.4) is 0 Å². The van der Waals surface area contributed by atoms with Crippen molar-refractivity contribution in [2.75, 3.05) is 39.6 Å². The molecule has 0 saturated heterocycles. The quantitative estimate of drug-likeness (QED) is 0.0146. The van der Waals surface area contributed by atoms with E-state index in [4.69, 9.17) is 32.3 Å². The van der Waals surface area contributed by atoms with Gasteiger partial charge < -0.3 is 34.2 Å². The maximum Gasteiger partial charge on any atom is 0.472 e. The van der Waals surface area contributed by atoms with Crippen LogP contribution < -0.4 is 0 Å². The van der Waals surface area contributed by atoms with Crippen LogP contribution in [0.1, 0.15) is 303 Å². The van der Waals surface area contributed by atoms with Gasteiger partial charge in [0, 0.05) is 19.3 Å². The summed E-state index contributed by atoms with van der Waals surface area (Å²) in [7, 11) is -9.81. The molecule has 5 unspecified atom stereocenters. The third-order valence-electron chi connectivity index (χ3n) is 16.2. The van der Waals surface area contributed by atoms with Gasteiger partial charge in [-0.2, -0.15) is 0 Å². The molecule has 0 fully saturated rings. The Morgan fingerprint density at radius 1 is 0.282 bits per heavy atom. The van der Waals surface area contributed by atoms with Gasteiger partial charge in [-0.25, -0.2) is 9.13 Å².